The first-order chi connectivity index (χ1) is 15.6. The van der Waals surface area contributed by atoms with Gasteiger partial charge in [0.2, 0.25) is 0 Å². The van der Waals surface area contributed by atoms with Gasteiger partial charge >= 0.3 is 0 Å². The van der Waals surface area contributed by atoms with Crippen molar-refractivity contribution in [2.24, 2.45) is 0 Å². The van der Waals surface area contributed by atoms with Gasteiger partial charge in [-0.25, -0.2) is 6.57 Å². The molecule has 164 valence electrons. The van der Waals surface area contributed by atoms with Crippen molar-refractivity contribution in [3.63, 3.8) is 0 Å². The summed E-state index contributed by atoms with van der Waals surface area (Å²) in [6.07, 6.45) is 3.11. The molecular weight excluding hydrogens is 416 g/mol. The van der Waals surface area contributed by atoms with Crippen molar-refractivity contribution < 1.29 is 5.11 Å². The highest BCUT2D eigenvalue weighted by Gasteiger charge is 2.41. The summed E-state index contributed by atoms with van der Waals surface area (Å²) >= 11 is 6.00. The van der Waals surface area contributed by atoms with Gasteiger partial charge in [-0.05, 0) is 43.5 Å². The van der Waals surface area contributed by atoms with Crippen molar-refractivity contribution in [1.29, 1.82) is 0 Å². The summed E-state index contributed by atoms with van der Waals surface area (Å²) in [5.74, 6) is 0. The molecule has 0 radical (unpaired) electrons. The average molecular weight is 445 g/mol. The maximum Gasteiger partial charge on any atom is 0.282 e. The highest BCUT2D eigenvalue weighted by Crippen LogP contribution is 2.39. The zero-order valence-electron chi connectivity index (χ0n) is 18.3. The Labute approximate surface area is 196 Å². The molecule has 1 aliphatic rings. The van der Waals surface area contributed by atoms with Gasteiger partial charge in [0.05, 0.1) is 5.60 Å². The van der Waals surface area contributed by atoms with Crippen molar-refractivity contribution >= 4 is 11.6 Å². The van der Waals surface area contributed by atoms with E-state index >= 15 is 0 Å². The van der Waals surface area contributed by atoms with Crippen LogP contribution >= 0.6 is 11.6 Å². The van der Waals surface area contributed by atoms with Crippen LogP contribution in [0, 0.1) is 6.57 Å². The molecule has 0 saturated carbocycles. The van der Waals surface area contributed by atoms with E-state index in [1.54, 1.807) is 0 Å². The van der Waals surface area contributed by atoms with Crippen LogP contribution in [-0.4, -0.2) is 29.6 Å². The molecule has 0 spiro atoms. The first-order valence-corrected chi connectivity index (χ1v) is 11.6. The van der Waals surface area contributed by atoms with Gasteiger partial charge in [0.25, 0.3) is 5.54 Å². The van der Waals surface area contributed by atoms with E-state index in [1.807, 2.05) is 60.7 Å². The second-order valence-electron chi connectivity index (χ2n) is 8.69. The maximum absolute atomic E-state index is 11.1. The summed E-state index contributed by atoms with van der Waals surface area (Å²) in [4.78, 5) is 6.61. The fraction of sp³-hybridized carbons (Fsp3) is 0.321. The standard InChI is InChI=1S/C28H29ClN2O/c1-30-28(24-9-4-2-5-10-24,25-11-6-3-7-12-25)17-8-20-31-21-18-27(32,19-22-31)23-13-15-26(29)16-14-23/h2-7,9-16,32H,8,17-22H2. The van der Waals surface area contributed by atoms with Crippen LogP contribution in [0.5, 0.6) is 0 Å². The minimum atomic E-state index is -0.782. The molecule has 4 heteroatoms. The molecule has 1 fully saturated rings. The summed E-state index contributed by atoms with van der Waals surface area (Å²) < 4.78 is 0. The van der Waals surface area contributed by atoms with Gasteiger partial charge in [-0.1, -0.05) is 84.4 Å². The van der Waals surface area contributed by atoms with Crippen LogP contribution in [0.1, 0.15) is 42.4 Å². The van der Waals surface area contributed by atoms with Crippen LogP contribution in [0.15, 0.2) is 84.9 Å². The number of piperidine rings is 1. The molecule has 1 heterocycles. The van der Waals surface area contributed by atoms with Crippen molar-refractivity contribution in [2.45, 2.75) is 36.8 Å². The van der Waals surface area contributed by atoms with Crippen molar-refractivity contribution in [3.05, 3.63) is 118 Å². The summed E-state index contributed by atoms with van der Waals surface area (Å²) in [5.41, 5.74) is 1.60. The second-order valence-corrected chi connectivity index (χ2v) is 9.12. The van der Waals surface area contributed by atoms with E-state index in [0.717, 1.165) is 49.2 Å². The third kappa shape index (κ3) is 4.74. The number of aliphatic hydroxyl groups is 1. The van der Waals surface area contributed by atoms with Gasteiger partial charge in [-0.15, -0.1) is 0 Å². The lowest BCUT2D eigenvalue weighted by Gasteiger charge is -2.38. The Morgan fingerprint density at radius 1 is 0.875 bits per heavy atom. The monoisotopic (exact) mass is 444 g/mol. The fourth-order valence-corrected chi connectivity index (χ4v) is 4.95. The molecular formula is C28H29ClN2O. The van der Waals surface area contributed by atoms with Gasteiger partial charge in [0.15, 0.2) is 0 Å². The first kappa shape index (κ1) is 22.6. The van der Waals surface area contributed by atoms with E-state index in [1.165, 1.54) is 0 Å². The smallest absolute Gasteiger partial charge is 0.282 e. The molecule has 4 rings (SSSR count). The van der Waals surface area contributed by atoms with Crippen LogP contribution < -0.4 is 0 Å². The number of rotatable bonds is 7. The van der Waals surface area contributed by atoms with Crippen molar-refractivity contribution in [3.8, 4) is 0 Å². The number of hydrogen-bond acceptors (Lipinski definition) is 2. The zero-order valence-corrected chi connectivity index (χ0v) is 19.0. The molecule has 1 N–H and O–H groups in total. The number of nitrogens with zero attached hydrogens (tertiary/aromatic N) is 2. The highest BCUT2D eigenvalue weighted by molar-refractivity contribution is 6.30. The topological polar surface area (TPSA) is 27.8 Å². The number of halogens is 1. The third-order valence-electron chi connectivity index (χ3n) is 6.77. The Morgan fingerprint density at radius 2 is 1.41 bits per heavy atom. The van der Waals surface area contributed by atoms with E-state index in [-0.39, 0.29) is 0 Å². The van der Waals surface area contributed by atoms with Crippen molar-refractivity contribution in [1.82, 2.24) is 4.90 Å². The summed E-state index contributed by atoms with van der Waals surface area (Å²) in [6.45, 7) is 10.8. The molecule has 3 nitrogen and oxygen atoms in total. The van der Waals surface area contributed by atoms with E-state index in [9.17, 15) is 5.11 Å². The van der Waals surface area contributed by atoms with Crippen LogP contribution in [0.2, 0.25) is 5.02 Å². The summed E-state index contributed by atoms with van der Waals surface area (Å²) in [5, 5.41) is 11.8. The van der Waals surface area contributed by atoms with Gasteiger partial charge in [0, 0.05) is 35.7 Å². The largest absolute Gasteiger partial charge is 0.385 e. The Balaban J connectivity index is 1.41. The van der Waals surface area contributed by atoms with Crippen LogP contribution in [0.4, 0.5) is 0 Å². The third-order valence-corrected chi connectivity index (χ3v) is 7.02. The Bertz CT molecular complexity index is 997. The van der Waals surface area contributed by atoms with Gasteiger partial charge in [0.1, 0.15) is 0 Å². The van der Waals surface area contributed by atoms with E-state index < -0.39 is 11.1 Å². The minimum absolute atomic E-state index is 0.664. The normalized spacial score (nSPS) is 16.4. The molecule has 32 heavy (non-hydrogen) atoms. The molecule has 0 amide bonds. The fourth-order valence-electron chi connectivity index (χ4n) is 4.82. The SMILES string of the molecule is [C-]#[N+]C(CCCN1CCC(O)(c2ccc(Cl)cc2)CC1)(c1ccccc1)c1ccccc1. The quantitative estimate of drug-likeness (QED) is 0.435. The molecule has 0 aliphatic carbocycles. The predicted octanol–water partition coefficient (Wildman–Crippen LogP) is 6.27. The molecule has 0 atom stereocenters. The lowest BCUT2D eigenvalue weighted by molar-refractivity contribution is -0.0262. The van der Waals surface area contributed by atoms with Crippen molar-refractivity contribution in [2.75, 3.05) is 19.6 Å². The van der Waals surface area contributed by atoms with Crippen LogP contribution in [0.3, 0.4) is 0 Å². The van der Waals surface area contributed by atoms with Crippen LogP contribution in [0.25, 0.3) is 4.85 Å². The van der Waals surface area contributed by atoms with Gasteiger partial charge < -0.3 is 10.0 Å². The maximum atomic E-state index is 11.1. The summed E-state index contributed by atoms with van der Waals surface area (Å²) in [6, 6.07) is 27.9. The van der Waals surface area contributed by atoms with Gasteiger partial charge in [-0.2, -0.15) is 0 Å². The van der Waals surface area contributed by atoms with Crippen LogP contribution in [-0.2, 0) is 11.1 Å². The summed E-state index contributed by atoms with van der Waals surface area (Å²) in [7, 11) is 0. The van der Waals surface area contributed by atoms with E-state index in [0.29, 0.717) is 17.9 Å². The Kier molecular flexibility index (Phi) is 6.96. The number of hydrogen-bond donors (Lipinski definition) is 1. The predicted molar refractivity (Wildman–Crippen MR) is 131 cm³/mol. The molecule has 0 aromatic heterocycles. The number of likely N-dealkylation sites (tertiary alicyclic amines) is 1. The van der Waals surface area contributed by atoms with E-state index in [4.69, 9.17) is 18.2 Å². The number of benzene rings is 3. The minimum Gasteiger partial charge on any atom is -0.385 e. The first-order valence-electron chi connectivity index (χ1n) is 11.3. The molecule has 3 aromatic carbocycles. The Morgan fingerprint density at radius 3 is 1.91 bits per heavy atom. The lowest BCUT2D eigenvalue weighted by atomic mass is 9.79. The second kappa shape index (κ2) is 9.88. The molecule has 0 unspecified atom stereocenters. The lowest BCUT2D eigenvalue weighted by Crippen LogP contribution is -2.43. The van der Waals surface area contributed by atoms with Gasteiger partial charge in [-0.3, -0.25) is 4.85 Å². The Hall–Kier alpha value is -2.64. The van der Waals surface area contributed by atoms with E-state index in [2.05, 4.69) is 34.0 Å². The highest BCUT2D eigenvalue weighted by atomic mass is 35.5. The molecule has 1 aliphatic heterocycles. The molecule has 0 bridgehead atoms. The molecule has 1 saturated heterocycles. The zero-order chi connectivity index (χ0) is 22.4. The average Bonchev–Trinajstić information content (AvgIpc) is 2.85. The molecule has 3 aromatic rings.